The zero-order chi connectivity index (χ0) is 19.5. The lowest BCUT2D eigenvalue weighted by Crippen LogP contribution is -2.05. The minimum absolute atomic E-state index is 0.0723. The molecule has 2 rings (SSSR count). The standard InChI is InChI=1S/C22H26O5/c1-26-22(25)14-13-21(24)19-7-5-17(6-8-19)18-9-11-20(12-10-18)27-16-4-2-3-15-23/h5-12,23H,2-4,13-16H2,1H3. The fourth-order valence-electron chi connectivity index (χ4n) is 2.63. The molecule has 144 valence electrons. The number of carbonyl (C=O) groups excluding carboxylic acids is 2. The Labute approximate surface area is 159 Å². The van der Waals surface area contributed by atoms with Gasteiger partial charge in [-0.3, -0.25) is 9.59 Å². The van der Waals surface area contributed by atoms with Crippen molar-refractivity contribution >= 4 is 11.8 Å². The second-order valence-electron chi connectivity index (χ2n) is 6.23. The van der Waals surface area contributed by atoms with Crippen molar-refractivity contribution in [1.82, 2.24) is 0 Å². The lowest BCUT2D eigenvalue weighted by Gasteiger charge is -2.08. The van der Waals surface area contributed by atoms with E-state index in [9.17, 15) is 9.59 Å². The predicted molar refractivity (Wildman–Crippen MR) is 104 cm³/mol. The van der Waals surface area contributed by atoms with Gasteiger partial charge in [0.25, 0.3) is 0 Å². The lowest BCUT2D eigenvalue weighted by molar-refractivity contribution is -0.140. The third kappa shape index (κ3) is 6.87. The third-order valence-corrected chi connectivity index (χ3v) is 4.25. The average Bonchev–Trinajstić information content (AvgIpc) is 2.72. The van der Waals surface area contributed by atoms with Crippen molar-refractivity contribution < 1.29 is 24.2 Å². The normalized spacial score (nSPS) is 10.4. The molecule has 27 heavy (non-hydrogen) atoms. The number of esters is 1. The molecule has 0 bridgehead atoms. The molecule has 0 fully saturated rings. The van der Waals surface area contributed by atoms with Crippen LogP contribution in [-0.2, 0) is 9.53 Å². The molecule has 0 atom stereocenters. The van der Waals surface area contributed by atoms with E-state index in [1.165, 1.54) is 7.11 Å². The summed E-state index contributed by atoms with van der Waals surface area (Å²) in [5.41, 5.74) is 2.63. The van der Waals surface area contributed by atoms with Gasteiger partial charge in [0, 0.05) is 18.6 Å². The van der Waals surface area contributed by atoms with Gasteiger partial charge in [-0.05, 0) is 42.5 Å². The van der Waals surface area contributed by atoms with Gasteiger partial charge in [0.2, 0.25) is 0 Å². The molecule has 5 heteroatoms. The van der Waals surface area contributed by atoms with Crippen molar-refractivity contribution in [2.45, 2.75) is 32.1 Å². The van der Waals surface area contributed by atoms with Gasteiger partial charge < -0.3 is 14.6 Å². The van der Waals surface area contributed by atoms with Crippen molar-refractivity contribution in [1.29, 1.82) is 0 Å². The number of hydrogen-bond acceptors (Lipinski definition) is 5. The van der Waals surface area contributed by atoms with Gasteiger partial charge in [0.1, 0.15) is 5.75 Å². The number of hydrogen-bond donors (Lipinski definition) is 1. The largest absolute Gasteiger partial charge is 0.494 e. The van der Waals surface area contributed by atoms with Gasteiger partial charge in [0.15, 0.2) is 5.78 Å². The molecule has 0 aromatic heterocycles. The van der Waals surface area contributed by atoms with E-state index in [0.717, 1.165) is 36.1 Å². The Morgan fingerprint density at radius 1 is 0.852 bits per heavy atom. The summed E-state index contributed by atoms with van der Waals surface area (Å²) in [5, 5.41) is 8.75. The SMILES string of the molecule is COC(=O)CCC(=O)c1ccc(-c2ccc(OCCCCCO)cc2)cc1. The number of ether oxygens (including phenoxy) is 2. The number of Topliss-reactive ketones (excluding diaryl/α,β-unsaturated/α-hetero) is 1. The quantitative estimate of drug-likeness (QED) is 0.367. The van der Waals surface area contributed by atoms with Crippen molar-refractivity contribution in [2.75, 3.05) is 20.3 Å². The molecule has 0 aliphatic rings. The zero-order valence-corrected chi connectivity index (χ0v) is 15.6. The van der Waals surface area contributed by atoms with E-state index >= 15 is 0 Å². The fraction of sp³-hybridized carbons (Fsp3) is 0.364. The van der Waals surface area contributed by atoms with Crippen LogP contribution in [0.3, 0.4) is 0 Å². The van der Waals surface area contributed by atoms with Crippen molar-refractivity contribution in [3.63, 3.8) is 0 Å². The van der Waals surface area contributed by atoms with Crippen LogP contribution in [0.2, 0.25) is 0 Å². The summed E-state index contributed by atoms with van der Waals surface area (Å²) in [6.45, 7) is 0.867. The van der Waals surface area contributed by atoms with Crippen molar-refractivity contribution in [3.8, 4) is 16.9 Å². The Hall–Kier alpha value is -2.66. The predicted octanol–water partition coefficient (Wildman–Crippen LogP) is 4.03. The summed E-state index contributed by atoms with van der Waals surface area (Å²) >= 11 is 0. The van der Waals surface area contributed by atoms with Crippen LogP contribution in [-0.4, -0.2) is 37.2 Å². The van der Waals surface area contributed by atoms with Gasteiger partial charge in [-0.25, -0.2) is 0 Å². The molecule has 1 N–H and O–H groups in total. The topological polar surface area (TPSA) is 72.8 Å². The molecule has 2 aromatic rings. The summed E-state index contributed by atoms with van der Waals surface area (Å²) in [4.78, 5) is 23.2. The Bertz CT molecular complexity index is 719. The second-order valence-corrected chi connectivity index (χ2v) is 6.23. The first-order valence-corrected chi connectivity index (χ1v) is 9.18. The van der Waals surface area contributed by atoms with Crippen LogP contribution in [0.5, 0.6) is 5.75 Å². The Balaban J connectivity index is 1.88. The molecule has 0 heterocycles. The fourth-order valence-corrected chi connectivity index (χ4v) is 2.63. The van der Waals surface area contributed by atoms with E-state index in [4.69, 9.17) is 9.84 Å². The molecular weight excluding hydrogens is 344 g/mol. The minimum atomic E-state index is -0.379. The number of unbranched alkanes of at least 4 members (excludes halogenated alkanes) is 2. The highest BCUT2D eigenvalue weighted by Crippen LogP contribution is 2.23. The summed E-state index contributed by atoms with van der Waals surface area (Å²) in [7, 11) is 1.31. The average molecular weight is 370 g/mol. The number of ketones is 1. The van der Waals surface area contributed by atoms with Crippen LogP contribution in [0.1, 0.15) is 42.5 Å². The minimum Gasteiger partial charge on any atom is -0.494 e. The van der Waals surface area contributed by atoms with Gasteiger partial charge in [0.05, 0.1) is 20.1 Å². The van der Waals surface area contributed by atoms with E-state index in [0.29, 0.717) is 12.2 Å². The first-order valence-electron chi connectivity index (χ1n) is 9.18. The van der Waals surface area contributed by atoms with E-state index in [-0.39, 0.29) is 31.2 Å². The van der Waals surface area contributed by atoms with Gasteiger partial charge in [-0.1, -0.05) is 36.4 Å². The maximum atomic E-state index is 12.1. The molecule has 0 spiro atoms. The molecule has 0 saturated heterocycles. The highest BCUT2D eigenvalue weighted by atomic mass is 16.5. The summed E-state index contributed by atoms with van der Waals surface area (Å²) < 4.78 is 10.2. The smallest absolute Gasteiger partial charge is 0.305 e. The summed E-state index contributed by atoms with van der Waals surface area (Å²) in [6, 6.07) is 15.2. The van der Waals surface area contributed by atoms with Crippen LogP contribution in [0.15, 0.2) is 48.5 Å². The molecule has 5 nitrogen and oxygen atoms in total. The number of benzene rings is 2. The van der Waals surface area contributed by atoms with Crippen LogP contribution in [0, 0.1) is 0 Å². The van der Waals surface area contributed by atoms with Gasteiger partial charge in [-0.2, -0.15) is 0 Å². The number of aliphatic hydroxyl groups excluding tert-OH is 1. The maximum Gasteiger partial charge on any atom is 0.305 e. The van der Waals surface area contributed by atoms with Crippen molar-refractivity contribution in [3.05, 3.63) is 54.1 Å². The Morgan fingerprint density at radius 2 is 1.48 bits per heavy atom. The molecule has 0 radical (unpaired) electrons. The zero-order valence-electron chi connectivity index (χ0n) is 15.6. The first-order chi connectivity index (χ1) is 13.1. The number of carbonyl (C=O) groups is 2. The molecule has 0 unspecified atom stereocenters. The monoisotopic (exact) mass is 370 g/mol. The number of rotatable bonds is 11. The first kappa shape index (κ1) is 20.6. The van der Waals surface area contributed by atoms with Crippen LogP contribution < -0.4 is 4.74 Å². The molecule has 0 aliphatic heterocycles. The maximum absolute atomic E-state index is 12.1. The van der Waals surface area contributed by atoms with Crippen LogP contribution >= 0.6 is 0 Å². The third-order valence-electron chi connectivity index (χ3n) is 4.25. The van der Waals surface area contributed by atoms with Gasteiger partial charge in [-0.15, -0.1) is 0 Å². The van der Waals surface area contributed by atoms with Crippen LogP contribution in [0.4, 0.5) is 0 Å². The highest BCUT2D eigenvalue weighted by Gasteiger charge is 2.09. The number of aliphatic hydroxyl groups is 1. The Kier molecular flexibility index (Phi) is 8.52. The summed E-state index contributed by atoms with van der Waals surface area (Å²) in [6.07, 6.45) is 2.94. The molecule has 2 aromatic carbocycles. The second kappa shape index (κ2) is 11.1. The van der Waals surface area contributed by atoms with Crippen LogP contribution in [0.25, 0.3) is 11.1 Å². The molecule has 0 aliphatic carbocycles. The van der Waals surface area contributed by atoms with Crippen molar-refractivity contribution in [2.24, 2.45) is 0 Å². The molecule has 0 saturated carbocycles. The highest BCUT2D eigenvalue weighted by molar-refractivity contribution is 5.97. The van der Waals surface area contributed by atoms with E-state index in [1.54, 1.807) is 12.1 Å². The Morgan fingerprint density at radius 3 is 2.07 bits per heavy atom. The van der Waals surface area contributed by atoms with E-state index < -0.39 is 0 Å². The number of methoxy groups -OCH3 is 1. The molecule has 0 amide bonds. The molecular formula is C22H26O5. The van der Waals surface area contributed by atoms with Gasteiger partial charge >= 0.3 is 5.97 Å². The van der Waals surface area contributed by atoms with E-state index in [2.05, 4.69) is 4.74 Å². The van der Waals surface area contributed by atoms with E-state index in [1.807, 2.05) is 36.4 Å². The lowest BCUT2D eigenvalue weighted by atomic mass is 10.0. The summed E-state index contributed by atoms with van der Waals surface area (Å²) in [5.74, 6) is 0.366.